The summed E-state index contributed by atoms with van der Waals surface area (Å²) in [5, 5.41) is 12.7. The van der Waals surface area contributed by atoms with Crippen molar-refractivity contribution in [1.82, 2.24) is 14.9 Å². The van der Waals surface area contributed by atoms with Crippen molar-refractivity contribution >= 4 is 33.9 Å². The Morgan fingerprint density at radius 1 is 1.30 bits per heavy atom. The van der Waals surface area contributed by atoms with Crippen molar-refractivity contribution < 1.29 is 9.15 Å². The Hall–Kier alpha value is -2.06. The minimum absolute atomic E-state index is 0.359. The van der Waals surface area contributed by atoms with Crippen molar-refractivity contribution in [2.24, 2.45) is 5.10 Å². The minimum Gasteiger partial charge on any atom is -0.486 e. The molecule has 0 N–H and O–H groups in total. The summed E-state index contributed by atoms with van der Waals surface area (Å²) >= 11 is 4.86. The van der Waals surface area contributed by atoms with Crippen molar-refractivity contribution in [3.8, 4) is 5.75 Å². The van der Waals surface area contributed by atoms with E-state index < -0.39 is 0 Å². The lowest BCUT2D eigenvalue weighted by Gasteiger charge is -2.03. The van der Waals surface area contributed by atoms with Crippen LogP contribution >= 0.6 is 27.7 Å². The predicted octanol–water partition coefficient (Wildman–Crippen LogP) is 3.82. The summed E-state index contributed by atoms with van der Waals surface area (Å²) in [6, 6.07) is 11.3. The fourth-order valence-electron chi connectivity index (χ4n) is 1.78. The summed E-state index contributed by atoms with van der Waals surface area (Å²) < 4.78 is 13.9. The van der Waals surface area contributed by atoms with Gasteiger partial charge in [0, 0.05) is 4.47 Å². The molecule has 0 amide bonds. The lowest BCUT2D eigenvalue weighted by Crippen LogP contribution is -1.93. The van der Waals surface area contributed by atoms with E-state index in [0.717, 1.165) is 16.0 Å². The third-order valence-corrected chi connectivity index (χ3v) is 4.03. The molecule has 0 aliphatic carbocycles. The van der Waals surface area contributed by atoms with Gasteiger partial charge in [0.2, 0.25) is 5.16 Å². The minimum atomic E-state index is 0.359. The van der Waals surface area contributed by atoms with Crippen molar-refractivity contribution in [3.05, 3.63) is 58.7 Å². The number of ether oxygens (including phenoxy) is 1. The van der Waals surface area contributed by atoms with E-state index in [2.05, 4.69) is 31.2 Å². The number of furan rings is 1. The van der Waals surface area contributed by atoms with Crippen LogP contribution < -0.4 is 4.74 Å². The van der Waals surface area contributed by atoms with E-state index in [1.54, 1.807) is 17.2 Å². The number of benzene rings is 1. The molecule has 0 saturated carbocycles. The van der Waals surface area contributed by atoms with E-state index in [4.69, 9.17) is 9.15 Å². The fraction of sp³-hybridized carbons (Fsp3) is 0.133. The second kappa shape index (κ2) is 7.47. The molecule has 118 valence electrons. The Labute approximate surface area is 145 Å². The van der Waals surface area contributed by atoms with Gasteiger partial charge in [-0.25, -0.2) is 0 Å². The summed E-state index contributed by atoms with van der Waals surface area (Å²) in [7, 11) is 0. The number of aromatic nitrogens is 3. The number of halogens is 1. The van der Waals surface area contributed by atoms with Crippen LogP contribution in [0.2, 0.25) is 0 Å². The summed E-state index contributed by atoms with van der Waals surface area (Å²) in [5.41, 5.74) is 0. The van der Waals surface area contributed by atoms with Gasteiger partial charge >= 0.3 is 0 Å². The standard InChI is InChI=1S/C15H13BrN4O2S/c1-23-15-19-17-10-20(15)18-8-13-6-7-14(22-13)9-21-12-4-2-11(16)3-5-12/h2-8,10H,9H2,1H3. The maximum Gasteiger partial charge on any atom is 0.211 e. The predicted molar refractivity (Wildman–Crippen MR) is 92.0 cm³/mol. The Balaban J connectivity index is 1.60. The van der Waals surface area contributed by atoms with Crippen LogP contribution in [0.25, 0.3) is 0 Å². The van der Waals surface area contributed by atoms with Gasteiger partial charge in [0.25, 0.3) is 0 Å². The van der Waals surface area contributed by atoms with Gasteiger partial charge in [-0.1, -0.05) is 27.7 Å². The van der Waals surface area contributed by atoms with Crippen LogP contribution in [0.5, 0.6) is 5.75 Å². The van der Waals surface area contributed by atoms with Gasteiger partial charge in [-0.15, -0.1) is 10.2 Å². The molecule has 2 aromatic heterocycles. The lowest BCUT2D eigenvalue weighted by atomic mass is 10.3. The highest BCUT2D eigenvalue weighted by Gasteiger charge is 2.03. The van der Waals surface area contributed by atoms with Gasteiger partial charge in [-0.3, -0.25) is 0 Å². The molecule has 0 spiro atoms. The molecule has 2 heterocycles. The van der Waals surface area contributed by atoms with Gasteiger partial charge in [0.1, 0.15) is 30.2 Å². The molecule has 0 fully saturated rings. The molecule has 23 heavy (non-hydrogen) atoms. The van der Waals surface area contributed by atoms with Crippen LogP contribution in [0.15, 0.2) is 61.9 Å². The normalized spacial score (nSPS) is 11.2. The van der Waals surface area contributed by atoms with Crippen LogP contribution in [-0.2, 0) is 6.61 Å². The zero-order chi connectivity index (χ0) is 16.1. The molecule has 0 radical (unpaired) electrons. The molecule has 0 atom stereocenters. The van der Waals surface area contributed by atoms with Gasteiger partial charge in [0.15, 0.2) is 0 Å². The molecule has 0 saturated heterocycles. The molecule has 0 aliphatic rings. The first-order chi connectivity index (χ1) is 11.2. The zero-order valence-corrected chi connectivity index (χ0v) is 14.6. The Morgan fingerprint density at radius 3 is 2.91 bits per heavy atom. The van der Waals surface area contributed by atoms with E-state index in [1.165, 1.54) is 11.8 Å². The topological polar surface area (TPSA) is 65.4 Å². The van der Waals surface area contributed by atoms with Gasteiger partial charge in [-0.2, -0.15) is 9.78 Å². The summed E-state index contributed by atoms with van der Waals surface area (Å²) in [6.07, 6.45) is 5.08. The highest BCUT2D eigenvalue weighted by molar-refractivity contribution is 9.10. The van der Waals surface area contributed by atoms with Gasteiger partial charge in [-0.05, 0) is 42.7 Å². The van der Waals surface area contributed by atoms with E-state index >= 15 is 0 Å². The first-order valence-electron chi connectivity index (χ1n) is 6.70. The van der Waals surface area contributed by atoms with E-state index in [9.17, 15) is 0 Å². The summed E-state index contributed by atoms with van der Waals surface area (Å²) in [5.74, 6) is 2.15. The zero-order valence-electron chi connectivity index (χ0n) is 12.2. The third kappa shape index (κ3) is 4.23. The van der Waals surface area contributed by atoms with Crippen molar-refractivity contribution in [1.29, 1.82) is 0 Å². The van der Waals surface area contributed by atoms with Crippen LogP contribution in [-0.4, -0.2) is 27.3 Å². The molecule has 3 aromatic rings. The SMILES string of the molecule is CSc1nncn1N=Cc1ccc(COc2ccc(Br)cc2)o1. The third-order valence-electron chi connectivity index (χ3n) is 2.87. The smallest absolute Gasteiger partial charge is 0.211 e. The number of hydrogen-bond donors (Lipinski definition) is 0. The largest absolute Gasteiger partial charge is 0.486 e. The molecule has 6 nitrogen and oxygen atoms in total. The molecule has 0 aliphatic heterocycles. The highest BCUT2D eigenvalue weighted by Crippen LogP contribution is 2.18. The molecule has 8 heteroatoms. The maximum absolute atomic E-state index is 5.66. The molecule has 1 aromatic carbocycles. The van der Waals surface area contributed by atoms with Crippen LogP contribution in [0.3, 0.4) is 0 Å². The fourth-order valence-corrected chi connectivity index (χ4v) is 2.45. The number of thioether (sulfide) groups is 1. The van der Waals surface area contributed by atoms with Crippen molar-refractivity contribution in [2.45, 2.75) is 11.8 Å². The molecular formula is C15H13BrN4O2S. The van der Waals surface area contributed by atoms with Crippen molar-refractivity contribution in [3.63, 3.8) is 0 Å². The van der Waals surface area contributed by atoms with E-state index in [1.807, 2.05) is 42.7 Å². The second-order valence-corrected chi connectivity index (χ2v) is 6.14. The van der Waals surface area contributed by atoms with Crippen LogP contribution in [0, 0.1) is 0 Å². The molecule has 0 bridgehead atoms. The molecular weight excluding hydrogens is 380 g/mol. The van der Waals surface area contributed by atoms with Gasteiger partial charge in [0.05, 0.1) is 6.21 Å². The summed E-state index contributed by atoms with van der Waals surface area (Å²) in [4.78, 5) is 0. The van der Waals surface area contributed by atoms with Crippen LogP contribution in [0.4, 0.5) is 0 Å². The molecule has 3 rings (SSSR count). The number of rotatable bonds is 6. The Bertz CT molecular complexity index is 798. The maximum atomic E-state index is 5.66. The first-order valence-corrected chi connectivity index (χ1v) is 8.72. The van der Waals surface area contributed by atoms with E-state index in [-0.39, 0.29) is 0 Å². The average Bonchev–Trinajstić information content (AvgIpc) is 3.21. The lowest BCUT2D eigenvalue weighted by molar-refractivity contribution is 0.270. The first kappa shape index (κ1) is 15.8. The Morgan fingerprint density at radius 2 is 2.13 bits per heavy atom. The van der Waals surface area contributed by atoms with Crippen LogP contribution in [0.1, 0.15) is 11.5 Å². The summed E-state index contributed by atoms with van der Waals surface area (Å²) in [6.45, 7) is 0.359. The molecule has 0 unspecified atom stereocenters. The van der Waals surface area contributed by atoms with Gasteiger partial charge < -0.3 is 9.15 Å². The average molecular weight is 393 g/mol. The number of hydrogen-bond acceptors (Lipinski definition) is 6. The highest BCUT2D eigenvalue weighted by atomic mass is 79.9. The quantitative estimate of drug-likeness (QED) is 0.471. The monoisotopic (exact) mass is 392 g/mol. The van der Waals surface area contributed by atoms with Crippen molar-refractivity contribution in [2.75, 3.05) is 6.26 Å². The Kier molecular flexibility index (Phi) is 5.14. The second-order valence-electron chi connectivity index (χ2n) is 4.45. The van der Waals surface area contributed by atoms with E-state index in [0.29, 0.717) is 17.5 Å². The number of nitrogens with zero attached hydrogens (tertiary/aromatic N) is 4.